The molecule has 1 saturated carbocycles. The number of ether oxygens (including phenoxy) is 2. The van der Waals surface area contributed by atoms with Gasteiger partial charge >= 0.3 is 12.0 Å². The molecule has 7 nitrogen and oxygen atoms in total. The minimum absolute atomic E-state index is 0.1000. The number of carbonyl (C=O) groups is 2. The SMILES string of the molecule is CCOC1CC(NC(=O)N2CCOC(C(=O)O)C2)C1. The first-order valence-corrected chi connectivity index (χ1v) is 6.61. The lowest BCUT2D eigenvalue weighted by molar-refractivity contribution is -0.154. The largest absolute Gasteiger partial charge is 0.479 e. The Kier molecular flexibility index (Phi) is 4.60. The fourth-order valence-electron chi connectivity index (χ4n) is 2.30. The summed E-state index contributed by atoms with van der Waals surface area (Å²) in [5, 5.41) is 11.8. The van der Waals surface area contributed by atoms with E-state index in [0.717, 1.165) is 12.8 Å². The Bertz CT molecular complexity index is 343. The second-order valence-electron chi connectivity index (χ2n) is 4.84. The molecule has 1 atom stereocenters. The molecule has 1 aliphatic heterocycles. The van der Waals surface area contributed by atoms with Crippen LogP contribution in [-0.4, -0.2) is 66.6 Å². The molecular weight excluding hydrogens is 252 g/mol. The molecule has 1 heterocycles. The van der Waals surface area contributed by atoms with Crippen molar-refractivity contribution >= 4 is 12.0 Å². The molecule has 0 aromatic heterocycles. The van der Waals surface area contributed by atoms with Crippen LogP contribution in [0, 0.1) is 0 Å². The quantitative estimate of drug-likeness (QED) is 0.755. The van der Waals surface area contributed by atoms with E-state index in [4.69, 9.17) is 14.6 Å². The predicted octanol–water partition coefficient (Wildman–Crippen LogP) is 0.0489. The van der Waals surface area contributed by atoms with Crippen LogP contribution in [0.4, 0.5) is 4.79 Å². The number of nitrogens with one attached hydrogen (secondary N) is 1. The molecule has 2 N–H and O–H groups in total. The smallest absolute Gasteiger partial charge is 0.334 e. The van der Waals surface area contributed by atoms with Crippen LogP contribution in [0.15, 0.2) is 0 Å². The standard InChI is InChI=1S/C12H20N2O5/c1-2-18-9-5-8(6-9)13-12(17)14-3-4-19-10(7-14)11(15)16/h8-10H,2-7H2,1H3,(H,13,17)(H,15,16). The van der Waals surface area contributed by atoms with Crippen LogP contribution < -0.4 is 5.32 Å². The van der Waals surface area contributed by atoms with Gasteiger partial charge in [-0.05, 0) is 19.8 Å². The number of morpholine rings is 1. The second-order valence-corrected chi connectivity index (χ2v) is 4.84. The molecule has 108 valence electrons. The zero-order chi connectivity index (χ0) is 13.8. The number of carbonyl (C=O) groups excluding carboxylic acids is 1. The van der Waals surface area contributed by atoms with E-state index in [-0.39, 0.29) is 31.3 Å². The monoisotopic (exact) mass is 272 g/mol. The summed E-state index contributed by atoms with van der Waals surface area (Å²) in [6.45, 7) is 3.43. The fourth-order valence-corrected chi connectivity index (χ4v) is 2.30. The normalized spacial score (nSPS) is 30.6. The maximum absolute atomic E-state index is 12.0. The Balaban J connectivity index is 1.73. The van der Waals surface area contributed by atoms with Crippen molar-refractivity contribution in [1.29, 1.82) is 0 Å². The maximum atomic E-state index is 12.0. The van der Waals surface area contributed by atoms with Crippen molar-refractivity contribution < 1.29 is 24.2 Å². The third kappa shape index (κ3) is 3.57. The fraction of sp³-hybridized carbons (Fsp3) is 0.833. The Morgan fingerprint density at radius 3 is 2.84 bits per heavy atom. The molecule has 7 heteroatoms. The zero-order valence-electron chi connectivity index (χ0n) is 11.0. The average Bonchev–Trinajstić information content (AvgIpc) is 2.36. The minimum Gasteiger partial charge on any atom is -0.479 e. The van der Waals surface area contributed by atoms with E-state index >= 15 is 0 Å². The summed E-state index contributed by atoms with van der Waals surface area (Å²) in [7, 11) is 0. The molecule has 0 bridgehead atoms. The first-order chi connectivity index (χ1) is 9.10. The third-order valence-corrected chi connectivity index (χ3v) is 3.45. The molecule has 0 radical (unpaired) electrons. The number of hydrogen-bond acceptors (Lipinski definition) is 4. The van der Waals surface area contributed by atoms with Gasteiger partial charge in [0.05, 0.1) is 19.3 Å². The topological polar surface area (TPSA) is 88.1 Å². The first-order valence-electron chi connectivity index (χ1n) is 6.61. The van der Waals surface area contributed by atoms with E-state index in [9.17, 15) is 9.59 Å². The highest BCUT2D eigenvalue weighted by atomic mass is 16.5. The van der Waals surface area contributed by atoms with Crippen LogP contribution in [0.5, 0.6) is 0 Å². The Morgan fingerprint density at radius 2 is 2.21 bits per heavy atom. The lowest BCUT2D eigenvalue weighted by Gasteiger charge is -2.38. The summed E-state index contributed by atoms with van der Waals surface area (Å²) in [6.07, 6.45) is 0.974. The van der Waals surface area contributed by atoms with Crippen molar-refractivity contribution in [3.05, 3.63) is 0 Å². The zero-order valence-corrected chi connectivity index (χ0v) is 11.0. The molecular formula is C12H20N2O5. The number of hydrogen-bond donors (Lipinski definition) is 2. The van der Waals surface area contributed by atoms with Gasteiger partial charge < -0.3 is 24.8 Å². The predicted molar refractivity (Wildman–Crippen MR) is 65.9 cm³/mol. The molecule has 2 amide bonds. The van der Waals surface area contributed by atoms with E-state index in [1.807, 2.05) is 6.92 Å². The van der Waals surface area contributed by atoms with E-state index in [2.05, 4.69) is 5.32 Å². The number of carboxylic acids is 1. The third-order valence-electron chi connectivity index (χ3n) is 3.45. The highest BCUT2D eigenvalue weighted by Crippen LogP contribution is 2.23. The molecule has 2 aliphatic rings. The van der Waals surface area contributed by atoms with Gasteiger partial charge in [-0.2, -0.15) is 0 Å². The lowest BCUT2D eigenvalue weighted by Crippen LogP contribution is -2.56. The van der Waals surface area contributed by atoms with E-state index in [1.165, 1.54) is 4.90 Å². The van der Waals surface area contributed by atoms with Crippen LogP contribution in [0.3, 0.4) is 0 Å². The van der Waals surface area contributed by atoms with Crippen molar-refractivity contribution in [2.75, 3.05) is 26.3 Å². The minimum atomic E-state index is -1.03. The molecule has 1 saturated heterocycles. The lowest BCUT2D eigenvalue weighted by atomic mass is 9.89. The van der Waals surface area contributed by atoms with Crippen molar-refractivity contribution in [2.24, 2.45) is 0 Å². The van der Waals surface area contributed by atoms with Crippen LogP contribution in [0.1, 0.15) is 19.8 Å². The van der Waals surface area contributed by atoms with Crippen LogP contribution >= 0.6 is 0 Å². The summed E-state index contributed by atoms with van der Waals surface area (Å²) in [5.74, 6) is -1.03. The maximum Gasteiger partial charge on any atom is 0.334 e. The number of amides is 2. The number of urea groups is 1. The van der Waals surface area contributed by atoms with Gasteiger partial charge in [0.1, 0.15) is 0 Å². The Hall–Kier alpha value is -1.34. The number of nitrogens with zero attached hydrogens (tertiary/aromatic N) is 1. The molecule has 1 aliphatic carbocycles. The van der Waals surface area contributed by atoms with E-state index in [0.29, 0.717) is 13.2 Å². The summed E-state index contributed by atoms with van der Waals surface area (Å²) < 4.78 is 10.5. The number of aliphatic carboxylic acids is 1. The number of carboxylic acid groups (broad SMARTS) is 1. The van der Waals surface area contributed by atoms with Crippen LogP contribution in [0.25, 0.3) is 0 Å². The highest BCUT2D eigenvalue weighted by Gasteiger charge is 2.34. The molecule has 1 unspecified atom stereocenters. The van der Waals surface area contributed by atoms with Crippen molar-refractivity contribution in [3.63, 3.8) is 0 Å². The van der Waals surface area contributed by atoms with Gasteiger partial charge in [-0.3, -0.25) is 0 Å². The highest BCUT2D eigenvalue weighted by molar-refractivity contribution is 5.77. The van der Waals surface area contributed by atoms with Gasteiger partial charge in [-0.25, -0.2) is 9.59 Å². The van der Waals surface area contributed by atoms with Gasteiger partial charge in [0, 0.05) is 19.2 Å². The van der Waals surface area contributed by atoms with E-state index in [1.54, 1.807) is 0 Å². The summed E-state index contributed by atoms with van der Waals surface area (Å²) in [5.41, 5.74) is 0. The summed E-state index contributed by atoms with van der Waals surface area (Å²) in [4.78, 5) is 24.3. The molecule has 0 spiro atoms. The first kappa shape index (κ1) is 14.1. The Morgan fingerprint density at radius 1 is 1.47 bits per heavy atom. The van der Waals surface area contributed by atoms with Gasteiger partial charge in [-0.1, -0.05) is 0 Å². The van der Waals surface area contributed by atoms with Gasteiger partial charge in [0.15, 0.2) is 6.10 Å². The Labute approximate surface area is 111 Å². The van der Waals surface area contributed by atoms with Gasteiger partial charge in [0.2, 0.25) is 0 Å². The van der Waals surface area contributed by atoms with Gasteiger partial charge in [-0.15, -0.1) is 0 Å². The van der Waals surface area contributed by atoms with Crippen molar-refractivity contribution in [3.8, 4) is 0 Å². The van der Waals surface area contributed by atoms with Gasteiger partial charge in [0.25, 0.3) is 0 Å². The second kappa shape index (κ2) is 6.21. The molecule has 0 aromatic carbocycles. The average molecular weight is 272 g/mol. The number of rotatable bonds is 4. The van der Waals surface area contributed by atoms with Crippen molar-refractivity contribution in [2.45, 2.75) is 38.0 Å². The van der Waals surface area contributed by atoms with E-state index < -0.39 is 12.1 Å². The molecule has 2 rings (SSSR count). The summed E-state index contributed by atoms with van der Waals surface area (Å²) in [6, 6.07) is -0.0790. The van der Waals surface area contributed by atoms with Crippen LogP contribution in [-0.2, 0) is 14.3 Å². The molecule has 19 heavy (non-hydrogen) atoms. The molecule has 2 fully saturated rings. The molecule has 0 aromatic rings. The van der Waals surface area contributed by atoms with Crippen molar-refractivity contribution in [1.82, 2.24) is 10.2 Å². The summed E-state index contributed by atoms with van der Waals surface area (Å²) >= 11 is 0. The van der Waals surface area contributed by atoms with Crippen LogP contribution in [0.2, 0.25) is 0 Å².